The number of thiazole rings is 1. The van der Waals surface area contributed by atoms with E-state index >= 15 is 0 Å². The predicted molar refractivity (Wildman–Crippen MR) is 73.5 cm³/mol. The molecule has 0 bridgehead atoms. The van der Waals surface area contributed by atoms with Crippen LogP contribution in [0, 0.1) is 12.8 Å². The molecule has 0 radical (unpaired) electrons. The van der Waals surface area contributed by atoms with Crippen LogP contribution in [0.1, 0.15) is 24.0 Å². The van der Waals surface area contributed by atoms with Crippen molar-refractivity contribution in [1.29, 1.82) is 0 Å². The number of carbonyl (C=O) groups is 2. The van der Waals surface area contributed by atoms with E-state index in [0.29, 0.717) is 18.9 Å². The zero-order valence-electron chi connectivity index (χ0n) is 10.5. The van der Waals surface area contributed by atoms with Gasteiger partial charge in [-0.15, -0.1) is 11.3 Å². The lowest BCUT2D eigenvalue weighted by Gasteiger charge is -2.14. The van der Waals surface area contributed by atoms with Crippen LogP contribution in [0.25, 0.3) is 0 Å². The van der Waals surface area contributed by atoms with Gasteiger partial charge in [-0.05, 0) is 12.8 Å². The van der Waals surface area contributed by atoms with Crippen molar-refractivity contribution in [3.63, 3.8) is 0 Å². The molecule has 1 amide bonds. The first-order valence-corrected chi connectivity index (χ1v) is 7.73. The number of aryl methyl sites for hydroxylation is 1. The lowest BCUT2D eigenvalue weighted by atomic mass is 10.1. The fraction of sp³-hybridized carbons (Fsp3) is 0.583. The van der Waals surface area contributed by atoms with Crippen LogP contribution in [0.5, 0.6) is 0 Å². The second-order valence-corrected chi connectivity index (χ2v) is 6.76. The lowest BCUT2D eigenvalue weighted by Crippen LogP contribution is -2.25. The van der Waals surface area contributed by atoms with Crippen molar-refractivity contribution < 1.29 is 9.59 Å². The fourth-order valence-corrected chi connectivity index (χ4v) is 3.33. The number of thioether (sulfide) groups is 1. The summed E-state index contributed by atoms with van der Waals surface area (Å²) in [7, 11) is 0. The minimum atomic E-state index is 0.121. The van der Waals surface area contributed by atoms with Gasteiger partial charge in [0.2, 0.25) is 5.91 Å². The maximum atomic E-state index is 11.8. The van der Waals surface area contributed by atoms with Crippen LogP contribution in [-0.2, 0) is 16.1 Å². The van der Waals surface area contributed by atoms with E-state index in [1.165, 1.54) is 11.8 Å². The number of nitrogens with zero attached hydrogens (tertiary/aromatic N) is 2. The summed E-state index contributed by atoms with van der Waals surface area (Å²) >= 11 is 2.92. The van der Waals surface area contributed by atoms with Gasteiger partial charge in [0.15, 0.2) is 5.12 Å². The maximum absolute atomic E-state index is 11.8. The first kappa shape index (κ1) is 13.5. The van der Waals surface area contributed by atoms with E-state index in [9.17, 15) is 9.59 Å². The fourth-order valence-electron chi connectivity index (χ4n) is 2.03. The van der Waals surface area contributed by atoms with Crippen LogP contribution in [0.4, 0.5) is 0 Å². The van der Waals surface area contributed by atoms with Gasteiger partial charge in [-0.3, -0.25) is 9.59 Å². The summed E-state index contributed by atoms with van der Waals surface area (Å²) in [6.07, 6.45) is 0.559. The summed E-state index contributed by atoms with van der Waals surface area (Å²) in [5.74, 6) is 1.22. The Labute approximate surface area is 115 Å². The molecule has 18 heavy (non-hydrogen) atoms. The topological polar surface area (TPSA) is 50.3 Å². The van der Waals surface area contributed by atoms with Gasteiger partial charge in [0.1, 0.15) is 0 Å². The SMILES string of the molecule is CC(=O)SCC1CC(=O)N(Cc2csc(C)n2)C1. The molecule has 1 aromatic heterocycles. The van der Waals surface area contributed by atoms with Crippen LogP contribution < -0.4 is 0 Å². The highest BCUT2D eigenvalue weighted by atomic mass is 32.2. The maximum Gasteiger partial charge on any atom is 0.223 e. The van der Waals surface area contributed by atoms with Gasteiger partial charge in [-0.1, -0.05) is 11.8 Å². The molecule has 1 atom stereocenters. The zero-order chi connectivity index (χ0) is 13.1. The molecule has 1 unspecified atom stereocenters. The molecule has 1 aliphatic heterocycles. The predicted octanol–water partition coefficient (Wildman–Crippen LogP) is 2.08. The minimum Gasteiger partial charge on any atom is -0.336 e. The van der Waals surface area contributed by atoms with Crippen molar-refractivity contribution in [2.24, 2.45) is 5.92 Å². The third kappa shape index (κ3) is 3.55. The van der Waals surface area contributed by atoms with Crippen LogP contribution in [0.15, 0.2) is 5.38 Å². The molecule has 1 aliphatic rings. The summed E-state index contributed by atoms with van der Waals surface area (Å²) < 4.78 is 0. The van der Waals surface area contributed by atoms with Crippen LogP contribution >= 0.6 is 23.1 Å². The molecule has 4 nitrogen and oxygen atoms in total. The third-order valence-electron chi connectivity index (χ3n) is 2.84. The molecule has 2 heterocycles. The van der Waals surface area contributed by atoms with Gasteiger partial charge in [0.25, 0.3) is 0 Å². The van der Waals surface area contributed by atoms with Gasteiger partial charge in [-0.2, -0.15) is 0 Å². The molecule has 1 saturated heterocycles. The first-order chi connectivity index (χ1) is 8.54. The number of aromatic nitrogens is 1. The minimum absolute atomic E-state index is 0.121. The molecule has 0 saturated carbocycles. The van der Waals surface area contributed by atoms with E-state index in [2.05, 4.69) is 4.98 Å². The molecule has 0 aliphatic carbocycles. The van der Waals surface area contributed by atoms with Crippen molar-refractivity contribution in [3.05, 3.63) is 16.1 Å². The molecule has 2 rings (SSSR count). The van der Waals surface area contributed by atoms with Gasteiger partial charge in [0.05, 0.1) is 17.2 Å². The van der Waals surface area contributed by atoms with E-state index in [1.807, 2.05) is 17.2 Å². The number of carbonyl (C=O) groups excluding carboxylic acids is 2. The molecule has 1 fully saturated rings. The Balaban J connectivity index is 1.87. The quantitative estimate of drug-likeness (QED) is 0.849. The zero-order valence-corrected chi connectivity index (χ0v) is 12.1. The van der Waals surface area contributed by atoms with Gasteiger partial charge < -0.3 is 4.90 Å². The summed E-state index contributed by atoms with van der Waals surface area (Å²) in [4.78, 5) is 29.0. The number of hydrogen-bond donors (Lipinski definition) is 0. The second kappa shape index (κ2) is 5.84. The summed E-state index contributed by atoms with van der Waals surface area (Å²) in [6, 6.07) is 0. The average molecular weight is 284 g/mol. The Morgan fingerprint density at radius 2 is 2.44 bits per heavy atom. The Bertz CT molecular complexity index is 459. The van der Waals surface area contributed by atoms with Crippen molar-refractivity contribution >= 4 is 34.1 Å². The van der Waals surface area contributed by atoms with Crippen LogP contribution in [0.2, 0.25) is 0 Å². The highest BCUT2D eigenvalue weighted by molar-refractivity contribution is 8.13. The highest BCUT2D eigenvalue weighted by Gasteiger charge is 2.30. The first-order valence-electron chi connectivity index (χ1n) is 5.86. The normalized spacial score (nSPS) is 19.6. The van der Waals surface area contributed by atoms with Crippen molar-refractivity contribution in [3.8, 4) is 0 Å². The van der Waals surface area contributed by atoms with Crippen LogP contribution in [-0.4, -0.2) is 33.2 Å². The monoisotopic (exact) mass is 284 g/mol. The standard InChI is InChI=1S/C12H16N2O2S2/c1-8-13-11(7-17-8)5-14-4-10(3-12(14)16)6-18-9(2)15/h7,10H,3-6H2,1-2H3. The van der Waals surface area contributed by atoms with Crippen LogP contribution in [0.3, 0.4) is 0 Å². The second-order valence-electron chi connectivity index (χ2n) is 4.50. The van der Waals surface area contributed by atoms with Gasteiger partial charge in [0, 0.05) is 31.0 Å². The van der Waals surface area contributed by atoms with E-state index in [0.717, 1.165) is 23.0 Å². The highest BCUT2D eigenvalue weighted by Crippen LogP contribution is 2.24. The molecule has 0 spiro atoms. The number of amides is 1. The summed E-state index contributed by atoms with van der Waals surface area (Å²) in [6.45, 7) is 4.88. The summed E-state index contributed by atoms with van der Waals surface area (Å²) in [5.41, 5.74) is 0.964. The molecule has 0 aromatic carbocycles. The largest absolute Gasteiger partial charge is 0.336 e. The summed E-state index contributed by atoms with van der Waals surface area (Å²) in [5, 5.41) is 3.15. The van der Waals surface area contributed by atoms with Gasteiger partial charge in [-0.25, -0.2) is 4.98 Å². The molecular weight excluding hydrogens is 268 g/mol. The Hall–Kier alpha value is -0.880. The molecular formula is C12H16N2O2S2. The molecule has 98 valence electrons. The number of rotatable bonds is 4. The number of hydrogen-bond acceptors (Lipinski definition) is 5. The average Bonchev–Trinajstić information content (AvgIpc) is 2.84. The Kier molecular flexibility index (Phi) is 4.40. The van der Waals surface area contributed by atoms with E-state index in [1.54, 1.807) is 18.3 Å². The molecule has 0 N–H and O–H groups in total. The lowest BCUT2D eigenvalue weighted by molar-refractivity contribution is -0.128. The third-order valence-corrected chi connectivity index (χ3v) is 4.70. The Morgan fingerprint density at radius 1 is 1.67 bits per heavy atom. The molecule has 1 aromatic rings. The van der Waals surface area contributed by atoms with E-state index in [-0.39, 0.29) is 11.0 Å². The van der Waals surface area contributed by atoms with Gasteiger partial charge >= 0.3 is 0 Å². The smallest absolute Gasteiger partial charge is 0.223 e. The van der Waals surface area contributed by atoms with E-state index < -0.39 is 0 Å². The van der Waals surface area contributed by atoms with Crippen molar-refractivity contribution in [1.82, 2.24) is 9.88 Å². The number of likely N-dealkylation sites (tertiary alicyclic amines) is 1. The molecule has 6 heteroatoms. The Morgan fingerprint density at radius 3 is 3.06 bits per heavy atom. The van der Waals surface area contributed by atoms with E-state index in [4.69, 9.17) is 0 Å². The van der Waals surface area contributed by atoms with Crippen molar-refractivity contribution in [2.75, 3.05) is 12.3 Å². The van der Waals surface area contributed by atoms with Crippen molar-refractivity contribution in [2.45, 2.75) is 26.8 Å².